The topological polar surface area (TPSA) is 62.3 Å². The van der Waals surface area contributed by atoms with Crippen LogP contribution in [0.1, 0.15) is 5.82 Å². The molecule has 2 aromatic rings. The first-order valence-corrected chi connectivity index (χ1v) is 6.01. The van der Waals surface area contributed by atoms with Crippen molar-refractivity contribution < 1.29 is 9.47 Å². The van der Waals surface area contributed by atoms with Crippen LogP contribution in [0.3, 0.4) is 0 Å². The van der Waals surface area contributed by atoms with Gasteiger partial charge in [0, 0.05) is 24.9 Å². The predicted molar refractivity (Wildman–Crippen MR) is 67.3 cm³/mol. The minimum Gasteiger partial charge on any atom is -0.486 e. The van der Waals surface area contributed by atoms with E-state index in [2.05, 4.69) is 4.98 Å². The Morgan fingerprint density at radius 1 is 1.22 bits per heavy atom. The lowest BCUT2D eigenvalue weighted by atomic mass is 10.2. The van der Waals surface area contributed by atoms with E-state index in [1.54, 1.807) is 6.20 Å². The van der Waals surface area contributed by atoms with E-state index in [0.717, 1.165) is 29.4 Å². The van der Waals surface area contributed by atoms with Gasteiger partial charge in [0.25, 0.3) is 0 Å². The molecule has 0 bridgehead atoms. The molecule has 0 spiro atoms. The number of rotatable bonds is 3. The number of hydrogen-bond donors (Lipinski definition) is 1. The number of fused-ring (bicyclic) bond motifs is 1. The van der Waals surface area contributed by atoms with Crippen LogP contribution in [-0.2, 0) is 6.42 Å². The van der Waals surface area contributed by atoms with Crippen molar-refractivity contribution in [3.8, 4) is 17.2 Å². The van der Waals surface area contributed by atoms with Crippen LogP contribution in [0.15, 0.2) is 30.6 Å². The summed E-state index contributed by atoms with van der Waals surface area (Å²) in [5.41, 5.74) is 6.59. The number of hydrogen-bond acceptors (Lipinski definition) is 4. The van der Waals surface area contributed by atoms with Gasteiger partial charge in [0.05, 0.1) is 5.69 Å². The van der Waals surface area contributed by atoms with Crippen LogP contribution in [0, 0.1) is 0 Å². The number of ether oxygens (including phenoxy) is 2. The molecule has 0 saturated heterocycles. The number of imidazole rings is 1. The van der Waals surface area contributed by atoms with Crippen LogP contribution in [0.2, 0.25) is 0 Å². The minimum absolute atomic E-state index is 0.585. The first kappa shape index (κ1) is 11.1. The van der Waals surface area contributed by atoms with Crippen LogP contribution in [0.4, 0.5) is 0 Å². The maximum absolute atomic E-state index is 5.58. The second kappa shape index (κ2) is 4.70. The molecule has 1 aliphatic rings. The third-order valence-corrected chi connectivity index (χ3v) is 2.89. The Balaban J connectivity index is 1.98. The molecule has 0 unspecified atom stereocenters. The molecule has 5 nitrogen and oxygen atoms in total. The van der Waals surface area contributed by atoms with Gasteiger partial charge in [0.1, 0.15) is 19.0 Å². The van der Waals surface area contributed by atoms with Crippen molar-refractivity contribution in [3.05, 3.63) is 36.4 Å². The van der Waals surface area contributed by atoms with Crippen LogP contribution in [-0.4, -0.2) is 29.3 Å². The average Bonchev–Trinajstić information content (AvgIpc) is 2.87. The SMILES string of the molecule is NCCc1nccn1-c1ccc2c(c1)OCCO2. The van der Waals surface area contributed by atoms with Gasteiger partial charge < -0.3 is 19.8 Å². The first-order valence-electron chi connectivity index (χ1n) is 6.01. The van der Waals surface area contributed by atoms with Crippen molar-refractivity contribution in [2.75, 3.05) is 19.8 Å². The van der Waals surface area contributed by atoms with Gasteiger partial charge in [-0.25, -0.2) is 4.98 Å². The summed E-state index contributed by atoms with van der Waals surface area (Å²) < 4.78 is 13.1. The van der Waals surface area contributed by atoms with Gasteiger partial charge in [-0.15, -0.1) is 0 Å². The Hall–Kier alpha value is -2.01. The van der Waals surface area contributed by atoms with Gasteiger partial charge in [-0.2, -0.15) is 0 Å². The molecular formula is C13H15N3O2. The normalized spacial score (nSPS) is 13.6. The average molecular weight is 245 g/mol. The van der Waals surface area contributed by atoms with E-state index >= 15 is 0 Å². The summed E-state index contributed by atoms with van der Waals surface area (Å²) in [4.78, 5) is 4.31. The summed E-state index contributed by atoms with van der Waals surface area (Å²) in [6, 6.07) is 5.89. The monoisotopic (exact) mass is 245 g/mol. The highest BCUT2D eigenvalue weighted by molar-refractivity contribution is 5.49. The molecule has 18 heavy (non-hydrogen) atoms. The number of aromatic nitrogens is 2. The van der Waals surface area contributed by atoms with Crippen LogP contribution >= 0.6 is 0 Å². The third-order valence-electron chi connectivity index (χ3n) is 2.89. The maximum atomic E-state index is 5.58. The van der Waals surface area contributed by atoms with E-state index in [9.17, 15) is 0 Å². The summed E-state index contributed by atoms with van der Waals surface area (Å²) in [6.45, 7) is 1.79. The fraction of sp³-hybridized carbons (Fsp3) is 0.308. The second-order valence-corrected chi connectivity index (χ2v) is 4.08. The zero-order valence-corrected chi connectivity index (χ0v) is 10.0. The van der Waals surface area contributed by atoms with Crippen molar-refractivity contribution in [3.63, 3.8) is 0 Å². The zero-order valence-electron chi connectivity index (χ0n) is 10.0. The van der Waals surface area contributed by atoms with E-state index in [1.165, 1.54) is 0 Å². The Morgan fingerprint density at radius 2 is 2.06 bits per heavy atom. The van der Waals surface area contributed by atoms with E-state index in [-0.39, 0.29) is 0 Å². The van der Waals surface area contributed by atoms with Gasteiger partial charge in [-0.05, 0) is 18.7 Å². The highest BCUT2D eigenvalue weighted by Gasteiger charge is 2.13. The van der Waals surface area contributed by atoms with Crippen molar-refractivity contribution in [2.45, 2.75) is 6.42 Å². The fourth-order valence-electron chi connectivity index (χ4n) is 2.07. The third kappa shape index (κ3) is 1.93. The van der Waals surface area contributed by atoms with Crippen LogP contribution in [0.25, 0.3) is 5.69 Å². The largest absolute Gasteiger partial charge is 0.486 e. The molecule has 2 N–H and O–H groups in total. The summed E-state index contributed by atoms with van der Waals surface area (Å²) >= 11 is 0. The molecule has 94 valence electrons. The Bertz CT molecular complexity index is 551. The second-order valence-electron chi connectivity index (χ2n) is 4.08. The van der Waals surface area contributed by atoms with Crippen molar-refractivity contribution in [1.82, 2.24) is 9.55 Å². The molecule has 0 aliphatic carbocycles. The van der Waals surface area contributed by atoms with Crippen molar-refractivity contribution >= 4 is 0 Å². The van der Waals surface area contributed by atoms with Gasteiger partial charge >= 0.3 is 0 Å². The molecule has 1 aromatic carbocycles. The molecule has 0 atom stereocenters. The van der Waals surface area contributed by atoms with E-state index in [1.807, 2.05) is 29.0 Å². The van der Waals surface area contributed by atoms with Crippen LogP contribution in [0.5, 0.6) is 11.5 Å². The molecule has 0 amide bonds. The lowest BCUT2D eigenvalue weighted by molar-refractivity contribution is 0.171. The molecule has 0 saturated carbocycles. The summed E-state index contributed by atoms with van der Waals surface area (Å²) in [6.07, 6.45) is 4.46. The summed E-state index contributed by atoms with van der Waals surface area (Å²) in [7, 11) is 0. The molecular weight excluding hydrogens is 230 g/mol. The molecule has 3 rings (SSSR count). The standard InChI is InChI=1S/C13H15N3O2/c14-4-3-13-15-5-6-16(13)10-1-2-11-12(9-10)18-8-7-17-11/h1-2,5-6,9H,3-4,7-8,14H2. The van der Waals surface area contributed by atoms with E-state index < -0.39 is 0 Å². The lowest BCUT2D eigenvalue weighted by Gasteiger charge is -2.19. The Kier molecular flexibility index (Phi) is 2.90. The molecule has 5 heteroatoms. The summed E-state index contributed by atoms with van der Waals surface area (Å²) in [5.74, 6) is 2.53. The van der Waals surface area contributed by atoms with Gasteiger partial charge in [0.2, 0.25) is 0 Å². The van der Waals surface area contributed by atoms with E-state index in [4.69, 9.17) is 15.2 Å². The van der Waals surface area contributed by atoms with Gasteiger partial charge in [-0.3, -0.25) is 0 Å². The Labute approximate surface area is 105 Å². The number of nitrogens with two attached hydrogens (primary N) is 1. The van der Waals surface area contributed by atoms with Crippen LogP contribution < -0.4 is 15.2 Å². The zero-order chi connectivity index (χ0) is 12.4. The fourth-order valence-corrected chi connectivity index (χ4v) is 2.07. The molecule has 2 heterocycles. The molecule has 0 radical (unpaired) electrons. The van der Waals surface area contributed by atoms with Gasteiger partial charge in [0.15, 0.2) is 11.5 Å². The van der Waals surface area contributed by atoms with Gasteiger partial charge in [-0.1, -0.05) is 0 Å². The quantitative estimate of drug-likeness (QED) is 0.881. The summed E-state index contributed by atoms with van der Waals surface area (Å²) in [5, 5.41) is 0. The highest BCUT2D eigenvalue weighted by Crippen LogP contribution is 2.32. The Morgan fingerprint density at radius 3 is 2.89 bits per heavy atom. The molecule has 1 aliphatic heterocycles. The van der Waals surface area contributed by atoms with E-state index in [0.29, 0.717) is 19.8 Å². The number of nitrogens with zero attached hydrogens (tertiary/aromatic N) is 2. The van der Waals surface area contributed by atoms with Crippen molar-refractivity contribution in [2.24, 2.45) is 5.73 Å². The highest BCUT2D eigenvalue weighted by atomic mass is 16.6. The van der Waals surface area contributed by atoms with Crippen molar-refractivity contribution in [1.29, 1.82) is 0 Å². The lowest BCUT2D eigenvalue weighted by Crippen LogP contribution is -2.15. The number of benzene rings is 1. The first-order chi connectivity index (χ1) is 8.88. The molecule has 1 aromatic heterocycles. The minimum atomic E-state index is 0.585. The molecule has 0 fully saturated rings. The predicted octanol–water partition coefficient (Wildman–Crippen LogP) is 1.14. The smallest absolute Gasteiger partial charge is 0.163 e. The maximum Gasteiger partial charge on any atom is 0.163 e.